The molecule has 0 radical (unpaired) electrons. The third-order valence-electron chi connectivity index (χ3n) is 4.36. The van der Waals surface area contributed by atoms with Gasteiger partial charge in [-0.05, 0) is 38.8 Å². The van der Waals surface area contributed by atoms with Crippen LogP contribution in [0.25, 0.3) is 0 Å². The number of benzene rings is 1. The number of carbonyl (C=O) groups is 1. The summed E-state index contributed by atoms with van der Waals surface area (Å²) in [5.74, 6) is 1.42. The van der Waals surface area contributed by atoms with E-state index in [1.165, 1.54) is 19.3 Å². The standard InChI is InChI=1S/C18H23NO2/c1-18(2)19-15(14-10-6-7-11-17(14)21-18)12-16(20)13-8-4-3-5-9-13/h6-7,10-11,13H,3-5,8-9,12H2,1-2H3. The van der Waals surface area contributed by atoms with E-state index in [1.54, 1.807) is 0 Å². The average molecular weight is 285 g/mol. The van der Waals surface area contributed by atoms with Gasteiger partial charge in [-0.25, -0.2) is 4.99 Å². The molecule has 1 aromatic carbocycles. The number of hydrogen-bond donors (Lipinski definition) is 0. The second kappa shape index (κ2) is 5.63. The van der Waals surface area contributed by atoms with E-state index in [1.807, 2.05) is 38.1 Å². The van der Waals surface area contributed by atoms with Crippen molar-refractivity contribution in [3.8, 4) is 5.75 Å². The molecular weight excluding hydrogens is 262 g/mol. The number of rotatable bonds is 3. The Kier molecular flexibility index (Phi) is 3.83. The number of para-hydroxylation sites is 1. The van der Waals surface area contributed by atoms with Gasteiger partial charge in [-0.15, -0.1) is 0 Å². The Morgan fingerprint density at radius 2 is 1.95 bits per heavy atom. The van der Waals surface area contributed by atoms with Crippen molar-refractivity contribution in [1.29, 1.82) is 0 Å². The fourth-order valence-electron chi connectivity index (χ4n) is 3.34. The quantitative estimate of drug-likeness (QED) is 0.837. The molecule has 1 aromatic rings. The zero-order valence-corrected chi connectivity index (χ0v) is 12.9. The van der Waals surface area contributed by atoms with Crippen molar-refractivity contribution >= 4 is 11.5 Å². The maximum Gasteiger partial charge on any atom is 0.194 e. The van der Waals surface area contributed by atoms with E-state index in [0.29, 0.717) is 12.2 Å². The van der Waals surface area contributed by atoms with Crippen molar-refractivity contribution in [2.75, 3.05) is 0 Å². The van der Waals surface area contributed by atoms with E-state index in [4.69, 9.17) is 4.74 Å². The van der Waals surface area contributed by atoms with Gasteiger partial charge in [0.1, 0.15) is 11.5 Å². The molecule has 1 aliphatic carbocycles. The largest absolute Gasteiger partial charge is 0.466 e. The molecule has 1 fully saturated rings. The van der Waals surface area contributed by atoms with Gasteiger partial charge in [0, 0.05) is 17.9 Å². The van der Waals surface area contributed by atoms with Gasteiger partial charge >= 0.3 is 0 Å². The minimum atomic E-state index is -0.587. The number of aliphatic imine (C=N–C) groups is 1. The Balaban J connectivity index is 1.82. The fourth-order valence-corrected chi connectivity index (χ4v) is 3.34. The van der Waals surface area contributed by atoms with E-state index in [2.05, 4.69) is 4.99 Å². The molecule has 0 bridgehead atoms. The molecule has 0 aromatic heterocycles. The first-order valence-electron chi connectivity index (χ1n) is 7.95. The molecule has 1 saturated carbocycles. The van der Waals surface area contributed by atoms with Gasteiger partial charge in [-0.3, -0.25) is 4.79 Å². The summed E-state index contributed by atoms with van der Waals surface area (Å²) in [6.07, 6.45) is 6.19. The fraction of sp³-hybridized carbons (Fsp3) is 0.556. The molecule has 0 unspecified atom stereocenters. The lowest BCUT2D eigenvalue weighted by molar-refractivity contribution is -0.122. The molecule has 3 heteroatoms. The zero-order chi connectivity index (χ0) is 14.9. The number of fused-ring (bicyclic) bond motifs is 1. The van der Waals surface area contributed by atoms with Crippen LogP contribution in [0.1, 0.15) is 57.9 Å². The van der Waals surface area contributed by atoms with Crippen molar-refractivity contribution in [2.24, 2.45) is 10.9 Å². The first-order valence-corrected chi connectivity index (χ1v) is 7.95. The number of nitrogens with zero attached hydrogens (tertiary/aromatic N) is 1. The molecule has 0 atom stereocenters. The van der Waals surface area contributed by atoms with Crippen LogP contribution in [0.5, 0.6) is 5.75 Å². The second-order valence-electron chi connectivity index (χ2n) is 6.58. The lowest BCUT2D eigenvalue weighted by Crippen LogP contribution is -2.33. The summed E-state index contributed by atoms with van der Waals surface area (Å²) in [5.41, 5.74) is 1.27. The highest BCUT2D eigenvalue weighted by Crippen LogP contribution is 2.32. The zero-order valence-electron chi connectivity index (χ0n) is 12.9. The van der Waals surface area contributed by atoms with E-state index in [0.717, 1.165) is 29.9 Å². The summed E-state index contributed by atoms with van der Waals surface area (Å²) >= 11 is 0. The average Bonchev–Trinajstić information content (AvgIpc) is 2.47. The van der Waals surface area contributed by atoms with Crippen LogP contribution in [-0.2, 0) is 4.79 Å². The summed E-state index contributed by atoms with van der Waals surface area (Å²) in [4.78, 5) is 17.2. The molecule has 2 aliphatic rings. The maximum absolute atomic E-state index is 12.6. The van der Waals surface area contributed by atoms with Crippen molar-refractivity contribution < 1.29 is 9.53 Å². The highest BCUT2D eigenvalue weighted by molar-refractivity contribution is 6.13. The van der Waals surface area contributed by atoms with E-state index >= 15 is 0 Å². The van der Waals surface area contributed by atoms with E-state index in [-0.39, 0.29) is 5.92 Å². The number of Topliss-reactive ketones (excluding diaryl/α,β-unsaturated/α-hetero) is 1. The highest BCUT2D eigenvalue weighted by atomic mass is 16.5. The van der Waals surface area contributed by atoms with Crippen LogP contribution in [0.4, 0.5) is 0 Å². The smallest absolute Gasteiger partial charge is 0.194 e. The summed E-state index contributed by atoms with van der Waals surface area (Å²) < 4.78 is 5.88. The van der Waals surface area contributed by atoms with Crippen LogP contribution in [0.2, 0.25) is 0 Å². The first-order chi connectivity index (χ1) is 10.1. The van der Waals surface area contributed by atoms with Crippen LogP contribution in [-0.4, -0.2) is 17.2 Å². The molecule has 1 aliphatic heterocycles. The van der Waals surface area contributed by atoms with Crippen LogP contribution >= 0.6 is 0 Å². The molecule has 0 saturated heterocycles. The molecule has 3 rings (SSSR count). The first kappa shape index (κ1) is 14.3. The minimum absolute atomic E-state index is 0.236. The Bertz CT molecular complexity index is 568. The monoisotopic (exact) mass is 285 g/mol. The number of ether oxygens (including phenoxy) is 1. The van der Waals surface area contributed by atoms with Crippen molar-refractivity contribution in [1.82, 2.24) is 0 Å². The molecule has 1 heterocycles. The normalized spacial score (nSPS) is 21.1. The van der Waals surface area contributed by atoms with Gasteiger partial charge in [0.15, 0.2) is 5.72 Å². The van der Waals surface area contributed by atoms with Crippen molar-refractivity contribution in [3.05, 3.63) is 29.8 Å². The van der Waals surface area contributed by atoms with Gasteiger partial charge in [-0.2, -0.15) is 0 Å². The van der Waals surface area contributed by atoms with Gasteiger partial charge in [-0.1, -0.05) is 31.4 Å². The summed E-state index contributed by atoms with van der Waals surface area (Å²) in [6.45, 7) is 3.88. The Morgan fingerprint density at radius 1 is 1.24 bits per heavy atom. The van der Waals surface area contributed by atoms with Gasteiger partial charge in [0.2, 0.25) is 0 Å². The van der Waals surface area contributed by atoms with Crippen LogP contribution in [0.3, 0.4) is 0 Å². The summed E-state index contributed by atoms with van der Waals surface area (Å²) in [7, 11) is 0. The highest BCUT2D eigenvalue weighted by Gasteiger charge is 2.30. The molecular formula is C18H23NO2. The lowest BCUT2D eigenvalue weighted by atomic mass is 9.84. The second-order valence-corrected chi connectivity index (χ2v) is 6.58. The summed E-state index contributed by atoms with van der Waals surface area (Å²) in [5, 5.41) is 0. The predicted octanol–water partition coefficient (Wildman–Crippen LogP) is 4.14. The van der Waals surface area contributed by atoms with Crippen molar-refractivity contribution in [3.63, 3.8) is 0 Å². The summed E-state index contributed by atoms with van der Waals surface area (Å²) in [6, 6.07) is 7.89. The SMILES string of the molecule is CC1(C)N=C(CC(=O)C2CCCCC2)c2ccccc2O1. The van der Waals surface area contributed by atoms with Crippen LogP contribution in [0.15, 0.2) is 29.3 Å². The van der Waals surface area contributed by atoms with Crippen LogP contribution < -0.4 is 4.74 Å². The minimum Gasteiger partial charge on any atom is -0.466 e. The third kappa shape index (κ3) is 3.17. The maximum atomic E-state index is 12.6. The Morgan fingerprint density at radius 3 is 2.71 bits per heavy atom. The van der Waals surface area contributed by atoms with Gasteiger partial charge in [0.25, 0.3) is 0 Å². The number of hydrogen-bond acceptors (Lipinski definition) is 3. The molecule has 0 N–H and O–H groups in total. The van der Waals surface area contributed by atoms with Gasteiger partial charge in [0.05, 0.1) is 5.71 Å². The Labute approximate surface area is 126 Å². The topological polar surface area (TPSA) is 38.7 Å². The van der Waals surface area contributed by atoms with Crippen molar-refractivity contribution in [2.45, 2.75) is 58.1 Å². The molecule has 0 spiro atoms. The lowest BCUT2D eigenvalue weighted by Gasteiger charge is -2.30. The van der Waals surface area contributed by atoms with E-state index in [9.17, 15) is 4.79 Å². The van der Waals surface area contributed by atoms with Gasteiger partial charge < -0.3 is 4.74 Å². The molecule has 0 amide bonds. The predicted molar refractivity (Wildman–Crippen MR) is 83.9 cm³/mol. The van der Waals surface area contributed by atoms with Crippen LogP contribution in [0, 0.1) is 5.92 Å². The Hall–Kier alpha value is -1.64. The molecule has 112 valence electrons. The third-order valence-corrected chi connectivity index (χ3v) is 4.36. The molecule has 21 heavy (non-hydrogen) atoms. The van der Waals surface area contributed by atoms with E-state index < -0.39 is 5.72 Å². The molecule has 3 nitrogen and oxygen atoms in total. The number of ketones is 1. The number of carbonyl (C=O) groups excluding carboxylic acids is 1.